The number of aliphatic imine (C=N–C) groups is 1. The highest BCUT2D eigenvalue weighted by molar-refractivity contribution is 8.18. The molecule has 1 aromatic heterocycles. The van der Waals surface area contributed by atoms with Crippen molar-refractivity contribution >= 4 is 45.4 Å². The van der Waals surface area contributed by atoms with Crippen molar-refractivity contribution in [3.05, 3.63) is 46.3 Å². The predicted octanol–water partition coefficient (Wildman–Crippen LogP) is 3.62. The molecule has 0 bridgehead atoms. The molecule has 2 aliphatic heterocycles. The normalized spacial score (nSPS) is 18.7. The summed E-state index contributed by atoms with van der Waals surface area (Å²) in [6, 6.07) is 5.58. The Morgan fingerprint density at radius 1 is 1.33 bits per heavy atom. The number of thioether (sulfide) groups is 1. The van der Waals surface area contributed by atoms with Crippen molar-refractivity contribution in [3.8, 4) is 11.5 Å². The molecule has 0 aliphatic carbocycles. The van der Waals surface area contributed by atoms with E-state index in [4.69, 9.17) is 9.47 Å². The fourth-order valence-corrected chi connectivity index (χ4v) is 4.25. The molecule has 7 nitrogen and oxygen atoms in total. The zero-order chi connectivity index (χ0) is 18.8. The number of amidine groups is 1. The summed E-state index contributed by atoms with van der Waals surface area (Å²) in [6.07, 6.45) is 4.31. The number of nitrogens with zero attached hydrogens (tertiary/aromatic N) is 4. The summed E-state index contributed by atoms with van der Waals surface area (Å²) in [5.74, 6) is 1.27. The van der Waals surface area contributed by atoms with E-state index in [1.54, 1.807) is 11.0 Å². The molecule has 0 spiro atoms. The van der Waals surface area contributed by atoms with Gasteiger partial charge in [0.25, 0.3) is 5.91 Å². The maximum absolute atomic E-state index is 12.8. The lowest BCUT2D eigenvalue weighted by atomic mass is 10.2. The van der Waals surface area contributed by atoms with Crippen LogP contribution in [0.4, 0.5) is 5.13 Å². The molecule has 0 atom stereocenters. The molecule has 3 heterocycles. The molecule has 1 saturated heterocycles. The molecular weight excluding hydrogens is 384 g/mol. The largest absolute Gasteiger partial charge is 0.454 e. The van der Waals surface area contributed by atoms with Crippen LogP contribution in [0.15, 0.2) is 40.8 Å². The second-order valence-corrected chi connectivity index (χ2v) is 7.70. The Balaban J connectivity index is 1.64. The standard InChI is InChI=1S/C18H16N4O3S2/c1-3-7-22-16(23)14(9-11-5-6-12-13(8-11)25-10-24-12)26-18(22)19-17-21-20-15(4-2)27-17/h3,5-6,8-9H,1,4,7,10H2,2H3. The first-order valence-corrected chi connectivity index (χ1v) is 9.94. The molecule has 1 amide bonds. The molecule has 0 saturated carbocycles. The molecule has 2 aliphatic rings. The van der Waals surface area contributed by atoms with Gasteiger partial charge in [0.05, 0.1) is 4.91 Å². The summed E-state index contributed by atoms with van der Waals surface area (Å²) in [5.41, 5.74) is 0.860. The van der Waals surface area contributed by atoms with Gasteiger partial charge >= 0.3 is 0 Å². The first-order chi connectivity index (χ1) is 13.2. The number of amides is 1. The van der Waals surface area contributed by atoms with E-state index in [0.29, 0.717) is 33.2 Å². The Morgan fingerprint density at radius 2 is 2.19 bits per heavy atom. The van der Waals surface area contributed by atoms with Crippen molar-refractivity contribution < 1.29 is 14.3 Å². The minimum atomic E-state index is -0.114. The topological polar surface area (TPSA) is 76.9 Å². The van der Waals surface area contributed by atoms with Crippen LogP contribution in [0.1, 0.15) is 17.5 Å². The lowest BCUT2D eigenvalue weighted by molar-refractivity contribution is -0.121. The Labute approximate surface area is 164 Å². The number of carbonyl (C=O) groups is 1. The van der Waals surface area contributed by atoms with Crippen LogP contribution >= 0.6 is 23.1 Å². The summed E-state index contributed by atoms with van der Waals surface area (Å²) in [7, 11) is 0. The SMILES string of the molecule is C=CCN1C(=O)C(=Cc2ccc3c(c2)OCO3)SC1=Nc1nnc(CC)s1. The fraction of sp³-hybridized carbons (Fsp3) is 0.222. The van der Waals surface area contributed by atoms with E-state index in [0.717, 1.165) is 17.0 Å². The summed E-state index contributed by atoms with van der Waals surface area (Å²) in [5, 5.41) is 10.2. The van der Waals surface area contributed by atoms with Crippen LogP contribution in [-0.2, 0) is 11.2 Å². The van der Waals surface area contributed by atoms with Gasteiger partial charge in [0.15, 0.2) is 16.7 Å². The van der Waals surface area contributed by atoms with Gasteiger partial charge in [0.2, 0.25) is 11.9 Å². The Hall–Kier alpha value is -2.65. The summed E-state index contributed by atoms with van der Waals surface area (Å²) in [6.45, 7) is 6.34. The van der Waals surface area contributed by atoms with Crippen molar-refractivity contribution in [2.75, 3.05) is 13.3 Å². The molecule has 1 fully saturated rings. The summed E-state index contributed by atoms with van der Waals surface area (Å²) < 4.78 is 10.7. The van der Waals surface area contributed by atoms with E-state index >= 15 is 0 Å². The van der Waals surface area contributed by atoms with E-state index in [-0.39, 0.29) is 12.7 Å². The Bertz CT molecular complexity index is 967. The number of rotatable bonds is 5. The van der Waals surface area contributed by atoms with Crippen LogP contribution in [0.5, 0.6) is 11.5 Å². The van der Waals surface area contributed by atoms with Gasteiger partial charge in [0.1, 0.15) is 5.01 Å². The Kier molecular flexibility index (Phi) is 4.95. The highest BCUT2D eigenvalue weighted by Crippen LogP contribution is 2.37. The number of aryl methyl sites for hydroxylation is 1. The number of ether oxygens (including phenoxy) is 2. The number of fused-ring (bicyclic) bond motifs is 1. The van der Waals surface area contributed by atoms with Gasteiger partial charge in [-0.05, 0) is 42.0 Å². The van der Waals surface area contributed by atoms with Crippen molar-refractivity contribution in [2.24, 2.45) is 4.99 Å². The molecular formula is C18H16N4O3S2. The van der Waals surface area contributed by atoms with Gasteiger partial charge in [0, 0.05) is 6.54 Å². The van der Waals surface area contributed by atoms with Crippen molar-refractivity contribution in [3.63, 3.8) is 0 Å². The van der Waals surface area contributed by atoms with Crippen molar-refractivity contribution in [2.45, 2.75) is 13.3 Å². The van der Waals surface area contributed by atoms with Crippen molar-refractivity contribution in [1.82, 2.24) is 15.1 Å². The van der Waals surface area contributed by atoms with Gasteiger partial charge in [-0.15, -0.1) is 16.8 Å². The third-order valence-corrected chi connectivity index (χ3v) is 5.81. The van der Waals surface area contributed by atoms with Gasteiger partial charge in [-0.1, -0.05) is 30.4 Å². The van der Waals surface area contributed by atoms with Crippen LogP contribution in [-0.4, -0.2) is 39.5 Å². The summed E-state index contributed by atoms with van der Waals surface area (Å²) >= 11 is 2.74. The van der Waals surface area contributed by atoms with Crippen LogP contribution in [0.3, 0.4) is 0 Å². The van der Waals surface area contributed by atoms with E-state index in [1.165, 1.54) is 23.1 Å². The molecule has 0 radical (unpaired) electrons. The van der Waals surface area contributed by atoms with E-state index in [9.17, 15) is 4.79 Å². The number of hydrogen-bond donors (Lipinski definition) is 0. The van der Waals surface area contributed by atoms with Crippen molar-refractivity contribution in [1.29, 1.82) is 0 Å². The third-order valence-electron chi connectivity index (χ3n) is 3.84. The van der Waals surface area contributed by atoms with Gasteiger partial charge < -0.3 is 9.47 Å². The van der Waals surface area contributed by atoms with E-state index < -0.39 is 0 Å². The molecule has 27 heavy (non-hydrogen) atoms. The molecule has 9 heteroatoms. The zero-order valence-corrected chi connectivity index (χ0v) is 16.2. The third kappa shape index (κ3) is 3.60. The first-order valence-electron chi connectivity index (χ1n) is 8.31. The first kappa shape index (κ1) is 17.7. The number of benzene rings is 1. The molecule has 0 unspecified atom stereocenters. The minimum Gasteiger partial charge on any atom is -0.454 e. The lowest BCUT2D eigenvalue weighted by Gasteiger charge is -2.11. The second kappa shape index (κ2) is 7.53. The van der Waals surface area contributed by atoms with Crippen LogP contribution < -0.4 is 9.47 Å². The molecule has 4 rings (SSSR count). The fourth-order valence-electron chi connectivity index (χ4n) is 2.55. The summed E-state index contributed by atoms with van der Waals surface area (Å²) in [4.78, 5) is 19.5. The number of carbonyl (C=O) groups excluding carboxylic acids is 1. The number of hydrogen-bond acceptors (Lipinski definition) is 8. The average molecular weight is 400 g/mol. The minimum absolute atomic E-state index is 0.114. The van der Waals surface area contributed by atoms with Crippen LogP contribution in [0, 0.1) is 0 Å². The quantitative estimate of drug-likeness (QED) is 0.564. The van der Waals surface area contributed by atoms with Gasteiger partial charge in [-0.25, -0.2) is 0 Å². The highest BCUT2D eigenvalue weighted by atomic mass is 32.2. The zero-order valence-electron chi connectivity index (χ0n) is 14.5. The van der Waals surface area contributed by atoms with Gasteiger partial charge in [-0.3, -0.25) is 9.69 Å². The lowest BCUT2D eigenvalue weighted by Crippen LogP contribution is -2.29. The van der Waals surface area contributed by atoms with E-state index in [2.05, 4.69) is 21.8 Å². The average Bonchev–Trinajstić information content (AvgIpc) is 3.38. The molecule has 138 valence electrons. The van der Waals surface area contributed by atoms with Crippen LogP contribution in [0.2, 0.25) is 0 Å². The molecule has 1 aromatic carbocycles. The monoisotopic (exact) mass is 400 g/mol. The highest BCUT2D eigenvalue weighted by Gasteiger charge is 2.33. The maximum Gasteiger partial charge on any atom is 0.267 e. The smallest absolute Gasteiger partial charge is 0.267 e. The van der Waals surface area contributed by atoms with Gasteiger partial charge in [-0.2, -0.15) is 4.99 Å². The maximum atomic E-state index is 12.8. The molecule has 0 N–H and O–H groups in total. The van der Waals surface area contributed by atoms with E-state index in [1.807, 2.05) is 31.2 Å². The second-order valence-electron chi connectivity index (χ2n) is 5.65. The van der Waals surface area contributed by atoms with Crippen LogP contribution in [0.25, 0.3) is 6.08 Å². The Morgan fingerprint density at radius 3 is 2.96 bits per heavy atom. The number of aromatic nitrogens is 2. The molecule has 2 aromatic rings. The predicted molar refractivity (Wildman–Crippen MR) is 106 cm³/mol.